The fourth-order valence-corrected chi connectivity index (χ4v) is 5.09. The Labute approximate surface area is 201 Å². The van der Waals surface area contributed by atoms with Gasteiger partial charge in [-0.25, -0.2) is 4.98 Å². The summed E-state index contributed by atoms with van der Waals surface area (Å²) in [5, 5.41) is 14.4. The van der Waals surface area contributed by atoms with Crippen molar-refractivity contribution < 1.29 is 9.90 Å². The molecule has 0 bridgehead atoms. The number of amides is 1. The Morgan fingerprint density at radius 3 is 2.62 bits per heavy atom. The number of benzene rings is 1. The van der Waals surface area contributed by atoms with Gasteiger partial charge < -0.3 is 21.1 Å². The molecule has 2 heterocycles. The molecule has 0 spiro atoms. The van der Waals surface area contributed by atoms with Crippen LogP contribution in [-0.4, -0.2) is 56.2 Å². The lowest BCUT2D eigenvalue weighted by molar-refractivity contribution is -0.136. The Morgan fingerprint density at radius 1 is 1.24 bits per heavy atom. The third-order valence-corrected chi connectivity index (χ3v) is 7.39. The molecule has 1 aromatic heterocycles. The van der Waals surface area contributed by atoms with Gasteiger partial charge in [-0.05, 0) is 37.2 Å². The molecule has 0 radical (unpaired) electrons. The molecular formula is C26H37N5O3. The van der Waals surface area contributed by atoms with Crippen molar-refractivity contribution >= 4 is 11.7 Å². The molecule has 2 unspecified atom stereocenters. The molecule has 1 aliphatic heterocycles. The van der Waals surface area contributed by atoms with E-state index in [9.17, 15) is 14.7 Å². The number of hydrogen-bond acceptors (Lipinski definition) is 6. The van der Waals surface area contributed by atoms with Gasteiger partial charge in [0.25, 0.3) is 5.56 Å². The van der Waals surface area contributed by atoms with Crippen molar-refractivity contribution in [3.05, 3.63) is 58.6 Å². The zero-order chi connectivity index (χ0) is 24.1. The highest BCUT2D eigenvalue weighted by Crippen LogP contribution is 2.26. The lowest BCUT2D eigenvalue weighted by Crippen LogP contribution is -2.49. The van der Waals surface area contributed by atoms with Crippen LogP contribution in [-0.2, 0) is 11.3 Å². The molecule has 4 N–H and O–H groups in total. The summed E-state index contributed by atoms with van der Waals surface area (Å²) in [6.45, 7) is 3.20. The smallest absolute Gasteiger partial charge is 0.255 e. The number of nitrogens with one attached hydrogen (secondary N) is 1. The number of rotatable bonds is 7. The van der Waals surface area contributed by atoms with Crippen LogP contribution in [0.1, 0.15) is 63.4 Å². The average molecular weight is 468 g/mol. The molecule has 34 heavy (non-hydrogen) atoms. The van der Waals surface area contributed by atoms with Crippen molar-refractivity contribution in [2.24, 2.45) is 5.73 Å². The van der Waals surface area contributed by atoms with Crippen molar-refractivity contribution in [2.45, 2.75) is 82.0 Å². The molecule has 2 fully saturated rings. The number of anilines is 1. The van der Waals surface area contributed by atoms with Gasteiger partial charge >= 0.3 is 0 Å². The van der Waals surface area contributed by atoms with E-state index in [1.54, 1.807) is 0 Å². The molecule has 8 heteroatoms. The van der Waals surface area contributed by atoms with E-state index in [0.29, 0.717) is 38.2 Å². The second kappa shape index (κ2) is 10.7. The van der Waals surface area contributed by atoms with Gasteiger partial charge in [0.15, 0.2) is 0 Å². The maximum absolute atomic E-state index is 12.8. The largest absolute Gasteiger partial charge is 0.388 e. The Hall–Kier alpha value is -2.71. The van der Waals surface area contributed by atoms with Crippen LogP contribution in [0.2, 0.25) is 0 Å². The Morgan fingerprint density at radius 2 is 1.94 bits per heavy atom. The maximum atomic E-state index is 12.8. The maximum Gasteiger partial charge on any atom is 0.255 e. The summed E-state index contributed by atoms with van der Waals surface area (Å²) >= 11 is 0. The number of likely N-dealkylation sites (tertiary alicyclic amines) is 1. The number of nitrogens with zero attached hydrogens (tertiary/aromatic N) is 3. The molecule has 1 aromatic carbocycles. The highest BCUT2D eigenvalue weighted by molar-refractivity contribution is 5.77. The van der Waals surface area contributed by atoms with E-state index >= 15 is 0 Å². The van der Waals surface area contributed by atoms with Crippen molar-refractivity contribution in [2.75, 3.05) is 18.4 Å². The predicted octanol–water partition coefficient (Wildman–Crippen LogP) is 2.47. The molecule has 4 rings (SSSR count). The van der Waals surface area contributed by atoms with E-state index in [1.807, 2.05) is 35.2 Å². The number of aliphatic hydroxyl groups is 1. The molecule has 1 saturated carbocycles. The molecular weight excluding hydrogens is 430 g/mol. The second-order valence-corrected chi connectivity index (χ2v) is 10.1. The molecule has 3 atom stereocenters. The summed E-state index contributed by atoms with van der Waals surface area (Å²) in [6.07, 6.45) is 7.03. The standard InChI is InChI=1S/C26H37N5O3/c1-19(20-7-3-2-4-8-20)15-24(32)30-13-11-26(34,12-14-30)17-31-18-28-23(16-25(31)33)29-22-10-6-5-9-21(22)27/h2-4,7-8,16,18-19,21-22,29,34H,5-6,9-15,17,27H2,1H3/t19-,21?,22?/m1/s1. The van der Waals surface area contributed by atoms with Crippen molar-refractivity contribution in [3.63, 3.8) is 0 Å². The summed E-state index contributed by atoms with van der Waals surface area (Å²) < 4.78 is 1.46. The quantitative estimate of drug-likeness (QED) is 0.577. The fraction of sp³-hybridized carbons (Fsp3) is 0.577. The summed E-state index contributed by atoms with van der Waals surface area (Å²) in [6, 6.07) is 11.7. The summed E-state index contributed by atoms with van der Waals surface area (Å²) in [4.78, 5) is 31.7. The van der Waals surface area contributed by atoms with E-state index in [-0.39, 0.29) is 36.0 Å². The summed E-state index contributed by atoms with van der Waals surface area (Å²) in [5.41, 5.74) is 6.11. The van der Waals surface area contributed by atoms with Crippen LogP contribution in [0.4, 0.5) is 5.82 Å². The highest BCUT2D eigenvalue weighted by Gasteiger charge is 2.35. The number of hydrogen-bond donors (Lipinski definition) is 3. The van der Waals surface area contributed by atoms with E-state index in [4.69, 9.17) is 5.73 Å². The van der Waals surface area contributed by atoms with Gasteiger partial charge in [0.2, 0.25) is 5.91 Å². The third kappa shape index (κ3) is 6.04. The van der Waals surface area contributed by atoms with Crippen LogP contribution in [0.3, 0.4) is 0 Å². The monoisotopic (exact) mass is 467 g/mol. The zero-order valence-electron chi connectivity index (χ0n) is 20.0. The van der Waals surface area contributed by atoms with Crippen LogP contribution >= 0.6 is 0 Å². The topological polar surface area (TPSA) is 113 Å². The van der Waals surface area contributed by atoms with Crippen molar-refractivity contribution in [3.8, 4) is 0 Å². The first-order chi connectivity index (χ1) is 16.3. The van der Waals surface area contributed by atoms with E-state index in [2.05, 4.69) is 17.2 Å². The number of nitrogens with two attached hydrogens (primary N) is 1. The highest BCUT2D eigenvalue weighted by atomic mass is 16.3. The number of carbonyl (C=O) groups excluding carboxylic acids is 1. The lowest BCUT2D eigenvalue weighted by atomic mass is 9.90. The Bertz CT molecular complexity index is 1020. The zero-order valence-corrected chi connectivity index (χ0v) is 20.0. The predicted molar refractivity (Wildman–Crippen MR) is 133 cm³/mol. The number of aromatic nitrogens is 2. The van der Waals surface area contributed by atoms with Gasteiger partial charge in [-0.3, -0.25) is 14.2 Å². The Balaban J connectivity index is 1.30. The lowest BCUT2D eigenvalue weighted by Gasteiger charge is -2.38. The third-order valence-electron chi connectivity index (χ3n) is 7.39. The molecule has 8 nitrogen and oxygen atoms in total. The van der Waals surface area contributed by atoms with Gasteiger partial charge in [-0.15, -0.1) is 0 Å². The molecule has 184 valence electrons. The van der Waals surface area contributed by atoms with Crippen molar-refractivity contribution in [1.82, 2.24) is 14.5 Å². The average Bonchev–Trinajstić information content (AvgIpc) is 2.83. The SMILES string of the molecule is C[C@H](CC(=O)N1CCC(O)(Cn2cnc(NC3CCCCC3N)cc2=O)CC1)c1ccccc1. The van der Waals surface area contributed by atoms with Gasteiger partial charge in [0, 0.05) is 37.7 Å². The number of piperidine rings is 1. The minimum absolute atomic E-state index is 0.0715. The van der Waals surface area contributed by atoms with E-state index < -0.39 is 5.60 Å². The fourth-order valence-electron chi connectivity index (χ4n) is 5.09. The first-order valence-electron chi connectivity index (χ1n) is 12.5. The van der Waals surface area contributed by atoms with Crippen LogP contribution in [0, 0.1) is 0 Å². The van der Waals surface area contributed by atoms with Gasteiger partial charge in [-0.1, -0.05) is 50.1 Å². The molecule has 1 aliphatic carbocycles. The molecule has 1 amide bonds. The molecule has 2 aliphatic rings. The van der Waals surface area contributed by atoms with Crippen LogP contribution in [0.25, 0.3) is 0 Å². The second-order valence-electron chi connectivity index (χ2n) is 10.1. The van der Waals surface area contributed by atoms with E-state index in [1.165, 1.54) is 17.0 Å². The van der Waals surface area contributed by atoms with Gasteiger partial charge in [0.05, 0.1) is 18.5 Å². The van der Waals surface area contributed by atoms with Gasteiger partial charge in [-0.2, -0.15) is 0 Å². The van der Waals surface area contributed by atoms with Gasteiger partial charge in [0.1, 0.15) is 5.82 Å². The summed E-state index contributed by atoms with van der Waals surface area (Å²) in [5.74, 6) is 0.784. The minimum Gasteiger partial charge on any atom is -0.388 e. The molecule has 2 aromatic rings. The number of carbonyl (C=O) groups is 1. The van der Waals surface area contributed by atoms with Crippen LogP contribution in [0.5, 0.6) is 0 Å². The van der Waals surface area contributed by atoms with Crippen LogP contribution in [0.15, 0.2) is 47.5 Å². The minimum atomic E-state index is -1.03. The first-order valence-corrected chi connectivity index (χ1v) is 12.5. The summed E-state index contributed by atoms with van der Waals surface area (Å²) in [7, 11) is 0. The molecule has 1 saturated heterocycles. The normalized spacial score (nSPS) is 23.3. The van der Waals surface area contributed by atoms with E-state index in [0.717, 1.165) is 31.2 Å². The van der Waals surface area contributed by atoms with Crippen LogP contribution < -0.4 is 16.6 Å². The Kier molecular flexibility index (Phi) is 7.68. The first kappa shape index (κ1) is 24.4. The van der Waals surface area contributed by atoms with Crippen molar-refractivity contribution in [1.29, 1.82) is 0 Å².